The van der Waals surface area contributed by atoms with E-state index in [1.807, 2.05) is 25.8 Å². The van der Waals surface area contributed by atoms with Crippen LogP contribution < -0.4 is 5.32 Å². The summed E-state index contributed by atoms with van der Waals surface area (Å²) in [4.78, 5) is 16.0. The predicted molar refractivity (Wildman–Crippen MR) is 71.0 cm³/mol. The van der Waals surface area contributed by atoms with Crippen molar-refractivity contribution in [1.29, 1.82) is 0 Å². The van der Waals surface area contributed by atoms with Crippen LogP contribution in [0.3, 0.4) is 0 Å². The van der Waals surface area contributed by atoms with Crippen LogP contribution in [0.25, 0.3) is 0 Å². The molecular formula is C13H27N3O. The molecule has 0 radical (unpaired) electrons. The number of hydrogen-bond donors (Lipinski definition) is 1. The van der Waals surface area contributed by atoms with Gasteiger partial charge in [-0.05, 0) is 39.3 Å². The van der Waals surface area contributed by atoms with Crippen LogP contribution in [0.5, 0.6) is 0 Å². The van der Waals surface area contributed by atoms with Crippen LogP contribution in [0, 0.1) is 5.41 Å². The molecule has 1 aliphatic heterocycles. The average Bonchev–Trinajstić information content (AvgIpc) is 2.66. The highest BCUT2D eigenvalue weighted by atomic mass is 16.2. The Morgan fingerprint density at radius 3 is 2.47 bits per heavy atom. The molecule has 0 bridgehead atoms. The topological polar surface area (TPSA) is 35.6 Å². The molecule has 0 aromatic rings. The van der Waals surface area contributed by atoms with Crippen LogP contribution in [-0.4, -0.2) is 62.0 Å². The minimum Gasteiger partial charge on any atom is -0.342 e. The Morgan fingerprint density at radius 2 is 2.00 bits per heavy atom. The number of nitrogens with zero attached hydrogens (tertiary/aromatic N) is 2. The number of hydrogen-bond acceptors (Lipinski definition) is 3. The van der Waals surface area contributed by atoms with E-state index in [1.54, 1.807) is 0 Å². The lowest BCUT2D eigenvalue weighted by atomic mass is 9.89. The van der Waals surface area contributed by atoms with E-state index in [0.29, 0.717) is 12.0 Å². The molecule has 100 valence electrons. The smallest absolute Gasteiger partial charge is 0.236 e. The zero-order valence-electron chi connectivity index (χ0n) is 11.8. The zero-order chi connectivity index (χ0) is 12.9. The maximum absolute atomic E-state index is 12.0. The summed E-state index contributed by atoms with van der Waals surface area (Å²) in [5, 5.41) is 3.39. The molecule has 1 N–H and O–H groups in total. The molecule has 1 rings (SSSR count). The molecule has 4 nitrogen and oxygen atoms in total. The minimum atomic E-state index is 0.243. The van der Waals surface area contributed by atoms with Gasteiger partial charge in [0.25, 0.3) is 0 Å². The lowest BCUT2D eigenvalue weighted by Gasteiger charge is -2.30. The Hall–Kier alpha value is -0.610. The van der Waals surface area contributed by atoms with Gasteiger partial charge in [0.15, 0.2) is 0 Å². The fourth-order valence-corrected chi connectivity index (χ4v) is 2.62. The molecule has 1 saturated heterocycles. The van der Waals surface area contributed by atoms with Crippen molar-refractivity contribution in [2.75, 3.05) is 46.3 Å². The van der Waals surface area contributed by atoms with Crippen molar-refractivity contribution < 1.29 is 4.79 Å². The number of rotatable bonds is 6. The highest BCUT2D eigenvalue weighted by molar-refractivity contribution is 5.78. The Morgan fingerprint density at radius 1 is 1.35 bits per heavy atom. The fourth-order valence-electron chi connectivity index (χ4n) is 2.62. The number of carbonyl (C=O) groups excluding carboxylic acids is 1. The van der Waals surface area contributed by atoms with Gasteiger partial charge < -0.3 is 10.2 Å². The first-order valence-corrected chi connectivity index (χ1v) is 6.68. The number of amides is 1. The molecule has 1 unspecified atom stereocenters. The molecule has 0 aliphatic carbocycles. The Bertz CT molecular complexity index is 245. The normalized spacial score (nSPS) is 24.3. The van der Waals surface area contributed by atoms with Crippen LogP contribution in [0.15, 0.2) is 0 Å². The summed E-state index contributed by atoms with van der Waals surface area (Å²) in [5.74, 6) is 0.243. The largest absolute Gasteiger partial charge is 0.342 e. The molecule has 0 aromatic carbocycles. The van der Waals surface area contributed by atoms with E-state index in [-0.39, 0.29) is 5.91 Å². The zero-order valence-corrected chi connectivity index (χ0v) is 11.8. The molecule has 0 saturated carbocycles. The summed E-state index contributed by atoms with van der Waals surface area (Å²) >= 11 is 0. The quantitative estimate of drug-likeness (QED) is 0.747. The Labute approximate surface area is 105 Å². The van der Waals surface area contributed by atoms with Gasteiger partial charge in [0.05, 0.1) is 6.54 Å². The molecule has 4 heteroatoms. The second-order valence-electron chi connectivity index (χ2n) is 5.48. The second-order valence-corrected chi connectivity index (χ2v) is 5.48. The van der Waals surface area contributed by atoms with Gasteiger partial charge in [-0.3, -0.25) is 9.69 Å². The van der Waals surface area contributed by atoms with Gasteiger partial charge >= 0.3 is 0 Å². The Kier molecular flexibility index (Phi) is 5.40. The third-order valence-electron chi connectivity index (χ3n) is 3.63. The van der Waals surface area contributed by atoms with Gasteiger partial charge in [-0.15, -0.1) is 0 Å². The summed E-state index contributed by atoms with van der Waals surface area (Å²) in [5.41, 5.74) is 0.332. The monoisotopic (exact) mass is 241 g/mol. The summed E-state index contributed by atoms with van der Waals surface area (Å²) in [6, 6.07) is 0. The summed E-state index contributed by atoms with van der Waals surface area (Å²) < 4.78 is 0. The summed E-state index contributed by atoms with van der Waals surface area (Å²) in [7, 11) is 2.05. The van der Waals surface area contributed by atoms with Crippen molar-refractivity contribution in [2.24, 2.45) is 5.41 Å². The predicted octanol–water partition coefficient (Wildman–Crippen LogP) is 0.786. The molecule has 1 aliphatic rings. The first kappa shape index (κ1) is 14.5. The van der Waals surface area contributed by atoms with Gasteiger partial charge in [-0.2, -0.15) is 0 Å². The molecule has 1 amide bonds. The van der Waals surface area contributed by atoms with Crippen LogP contribution >= 0.6 is 0 Å². The van der Waals surface area contributed by atoms with Crippen molar-refractivity contribution in [2.45, 2.75) is 27.2 Å². The van der Waals surface area contributed by atoms with E-state index in [1.165, 1.54) is 6.42 Å². The molecule has 1 heterocycles. The molecule has 1 fully saturated rings. The third-order valence-corrected chi connectivity index (χ3v) is 3.63. The van der Waals surface area contributed by atoms with Crippen molar-refractivity contribution in [3.63, 3.8) is 0 Å². The van der Waals surface area contributed by atoms with Gasteiger partial charge in [0.2, 0.25) is 5.91 Å². The van der Waals surface area contributed by atoms with E-state index >= 15 is 0 Å². The highest BCUT2D eigenvalue weighted by Gasteiger charge is 2.30. The van der Waals surface area contributed by atoms with Crippen LogP contribution in [0.4, 0.5) is 0 Å². The van der Waals surface area contributed by atoms with Crippen molar-refractivity contribution >= 4 is 5.91 Å². The van der Waals surface area contributed by atoms with Crippen molar-refractivity contribution in [3.8, 4) is 0 Å². The van der Waals surface area contributed by atoms with E-state index in [0.717, 1.165) is 32.7 Å². The summed E-state index contributed by atoms with van der Waals surface area (Å²) in [6.45, 7) is 11.7. The molecule has 0 aromatic heterocycles. The summed E-state index contributed by atoms with van der Waals surface area (Å²) in [6.07, 6.45) is 1.21. The number of likely N-dealkylation sites (N-methyl/N-ethyl adjacent to an activating group) is 2. The van der Waals surface area contributed by atoms with Crippen LogP contribution in [-0.2, 0) is 4.79 Å². The van der Waals surface area contributed by atoms with E-state index in [2.05, 4.69) is 17.1 Å². The maximum Gasteiger partial charge on any atom is 0.236 e. The van der Waals surface area contributed by atoms with E-state index < -0.39 is 0 Å². The SMILES string of the molecule is CCN(CC)C(=O)CN(C)CC1(C)CCNC1. The first-order valence-electron chi connectivity index (χ1n) is 6.68. The number of nitrogens with one attached hydrogen (secondary N) is 1. The molecular weight excluding hydrogens is 214 g/mol. The highest BCUT2D eigenvalue weighted by Crippen LogP contribution is 2.24. The van der Waals surface area contributed by atoms with Crippen LogP contribution in [0.2, 0.25) is 0 Å². The van der Waals surface area contributed by atoms with E-state index in [4.69, 9.17) is 0 Å². The lowest BCUT2D eigenvalue weighted by molar-refractivity contribution is -0.132. The van der Waals surface area contributed by atoms with Crippen molar-refractivity contribution in [3.05, 3.63) is 0 Å². The Balaban J connectivity index is 2.38. The molecule has 1 atom stereocenters. The third kappa shape index (κ3) is 4.28. The second kappa shape index (κ2) is 6.36. The first-order chi connectivity index (χ1) is 8.00. The fraction of sp³-hybridized carbons (Fsp3) is 0.923. The van der Waals surface area contributed by atoms with E-state index in [9.17, 15) is 4.79 Å². The van der Waals surface area contributed by atoms with Gasteiger partial charge in [0, 0.05) is 26.2 Å². The van der Waals surface area contributed by atoms with Gasteiger partial charge in [0.1, 0.15) is 0 Å². The lowest BCUT2D eigenvalue weighted by Crippen LogP contribution is -2.42. The van der Waals surface area contributed by atoms with Gasteiger partial charge in [-0.25, -0.2) is 0 Å². The standard InChI is InChI=1S/C13H27N3O/c1-5-16(6-2)12(17)9-15(4)11-13(3)7-8-14-10-13/h14H,5-11H2,1-4H3. The minimum absolute atomic E-state index is 0.243. The van der Waals surface area contributed by atoms with Crippen molar-refractivity contribution in [1.82, 2.24) is 15.1 Å². The van der Waals surface area contributed by atoms with Gasteiger partial charge in [-0.1, -0.05) is 6.92 Å². The van der Waals surface area contributed by atoms with Crippen LogP contribution in [0.1, 0.15) is 27.2 Å². The molecule has 17 heavy (non-hydrogen) atoms. The molecule has 0 spiro atoms. The average molecular weight is 241 g/mol. The maximum atomic E-state index is 12.0. The number of carbonyl (C=O) groups is 1.